The third kappa shape index (κ3) is 2.92. The van der Waals surface area contributed by atoms with Gasteiger partial charge in [-0.2, -0.15) is 0 Å². The number of ether oxygens (including phenoxy) is 2. The molecule has 22 heavy (non-hydrogen) atoms. The van der Waals surface area contributed by atoms with Gasteiger partial charge >= 0.3 is 0 Å². The molecule has 0 unspecified atom stereocenters. The van der Waals surface area contributed by atoms with E-state index in [1.54, 1.807) is 0 Å². The molecule has 118 valence electrons. The molecular weight excluding hydrogens is 278 g/mol. The van der Waals surface area contributed by atoms with E-state index in [4.69, 9.17) is 9.47 Å². The van der Waals surface area contributed by atoms with Gasteiger partial charge in [-0.25, -0.2) is 0 Å². The van der Waals surface area contributed by atoms with Gasteiger partial charge < -0.3 is 14.8 Å². The van der Waals surface area contributed by atoms with Crippen molar-refractivity contribution < 1.29 is 14.3 Å². The van der Waals surface area contributed by atoms with Crippen molar-refractivity contribution in [3.05, 3.63) is 23.8 Å². The van der Waals surface area contributed by atoms with E-state index in [0.717, 1.165) is 28.9 Å². The maximum atomic E-state index is 12.2. The highest BCUT2D eigenvalue weighted by Gasteiger charge is 2.43. The predicted molar refractivity (Wildman–Crippen MR) is 82.9 cm³/mol. The van der Waals surface area contributed by atoms with E-state index in [1.165, 1.54) is 38.5 Å². The lowest BCUT2D eigenvalue weighted by molar-refractivity contribution is -0.120. The molecule has 1 heterocycles. The van der Waals surface area contributed by atoms with Gasteiger partial charge in [0, 0.05) is 6.04 Å². The molecule has 0 radical (unpaired) electrons. The fourth-order valence-corrected chi connectivity index (χ4v) is 3.96. The van der Waals surface area contributed by atoms with Crippen molar-refractivity contribution in [3.63, 3.8) is 0 Å². The maximum absolute atomic E-state index is 12.2. The molecule has 2 atom stereocenters. The van der Waals surface area contributed by atoms with Gasteiger partial charge in [0.05, 0.1) is 6.42 Å². The molecule has 1 aromatic rings. The van der Waals surface area contributed by atoms with Crippen LogP contribution in [0, 0.1) is 11.8 Å². The summed E-state index contributed by atoms with van der Waals surface area (Å²) in [5, 5.41) is 3.21. The fourth-order valence-electron chi connectivity index (χ4n) is 3.96. The molecular formula is C18H23NO3. The zero-order valence-corrected chi connectivity index (χ0v) is 12.8. The predicted octanol–water partition coefficient (Wildman–Crippen LogP) is 3.04. The molecule has 0 bridgehead atoms. The van der Waals surface area contributed by atoms with Crippen molar-refractivity contribution in [2.24, 2.45) is 11.8 Å². The molecule has 0 spiro atoms. The summed E-state index contributed by atoms with van der Waals surface area (Å²) in [4.78, 5) is 12.2. The minimum atomic E-state index is 0.127. The molecule has 0 saturated heterocycles. The van der Waals surface area contributed by atoms with Crippen molar-refractivity contribution >= 4 is 5.91 Å². The summed E-state index contributed by atoms with van der Waals surface area (Å²) in [7, 11) is 0. The Labute approximate surface area is 131 Å². The molecule has 2 aliphatic carbocycles. The molecule has 1 aromatic carbocycles. The minimum Gasteiger partial charge on any atom is -0.454 e. The topological polar surface area (TPSA) is 47.6 Å². The van der Waals surface area contributed by atoms with E-state index in [-0.39, 0.29) is 12.7 Å². The minimum absolute atomic E-state index is 0.127. The summed E-state index contributed by atoms with van der Waals surface area (Å²) in [6, 6.07) is 6.16. The quantitative estimate of drug-likeness (QED) is 0.930. The summed E-state index contributed by atoms with van der Waals surface area (Å²) < 4.78 is 10.6. The van der Waals surface area contributed by atoms with Crippen molar-refractivity contribution in [2.45, 2.75) is 51.0 Å². The number of carbonyl (C=O) groups is 1. The number of fused-ring (bicyclic) bond motifs is 1. The van der Waals surface area contributed by atoms with Gasteiger partial charge in [0.15, 0.2) is 11.5 Å². The number of rotatable bonds is 4. The van der Waals surface area contributed by atoms with Crippen LogP contribution in [0.2, 0.25) is 0 Å². The summed E-state index contributed by atoms with van der Waals surface area (Å²) in [6.07, 6.45) is 8.46. The third-order valence-corrected chi connectivity index (χ3v) is 5.24. The Morgan fingerprint density at radius 3 is 2.82 bits per heavy atom. The highest BCUT2D eigenvalue weighted by atomic mass is 16.7. The molecule has 1 aliphatic heterocycles. The number of carbonyl (C=O) groups excluding carboxylic acids is 1. The molecule has 4 nitrogen and oxygen atoms in total. The lowest BCUT2D eigenvalue weighted by Gasteiger charge is -2.21. The van der Waals surface area contributed by atoms with Crippen LogP contribution in [0.4, 0.5) is 0 Å². The molecule has 4 rings (SSSR count). The van der Waals surface area contributed by atoms with Crippen LogP contribution in [-0.4, -0.2) is 18.7 Å². The molecule has 3 aliphatic rings. The van der Waals surface area contributed by atoms with Crippen LogP contribution in [0.3, 0.4) is 0 Å². The number of hydrogen-bond acceptors (Lipinski definition) is 3. The average molecular weight is 301 g/mol. The Hall–Kier alpha value is -1.71. The van der Waals surface area contributed by atoms with Gasteiger partial charge in [-0.3, -0.25) is 4.79 Å². The standard InChI is InChI=1S/C18H23NO3/c20-18(9-12-6-7-16-17(8-12)22-11-21-16)19-15-10-14(15)13-4-2-1-3-5-13/h6-8,13-15H,1-5,9-11H2,(H,19,20)/t14-,15+/m0/s1. The Morgan fingerprint density at radius 1 is 1.14 bits per heavy atom. The van der Waals surface area contributed by atoms with Crippen LogP contribution in [0.5, 0.6) is 11.5 Å². The second-order valence-corrected chi connectivity index (χ2v) is 6.84. The Kier molecular flexibility index (Phi) is 3.68. The summed E-state index contributed by atoms with van der Waals surface area (Å²) in [5.74, 6) is 3.23. The first-order chi connectivity index (χ1) is 10.8. The van der Waals surface area contributed by atoms with Crippen LogP contribution in [-0.2, 0) is 11.2 Å². The highest BCUT2D eigenvalue weighted by Crippen LogP contribution is 2.44. The molecule has 0 aromatic heterocycles. The zero-order valence-electron chi connectivity index (χ0n) is 12.8. The van der Waals surface area contributed by atoms with Crippen LogP contribution >= 0.6 is 0 Å². The van der Waals surface area contributed by atoms with Gasteiger partial charge in [0.25, 0.3) is 0 Å². The van der Waals surface area contributed by atoms with Gasteiger partial charge in [-0.1, -0.05) is 38.2 Å². The smallest absolute Gasteiger partial charge is 0.231 e. The van der Waals surface area contributed by atoms with Crippen molar-refractivity contribution in [1.29, 1.82) is 0 Å². The summed E-state index contributed by atoms with van der Waals surface area (Å²) in [6.45, 7) is 0.274. The summed E-state index contributed by atoms with van der Waals surface area (Å²) >= 11 is 0. The largest absolute Gasteiger partial charge is 0.454 e. The average Bonchev–Trinajstić information content (AvgIpc) is 3.13. The number of benzene rings is 1. The first-order valence-electron chi connectivity index (χ1n) is 8.47. The van der Waals surface area contributed by atoms with Crippen molar-refractivity contribution in [2.75, 3.05) is 6.79 Å². The first-order valence-corrected chi connectivity index (χ1v) is 8.47. The second kappa shape index (κ2) is 5.82. The molecule has 1 amide bonds. The number of nitrogens with one attached hydrogen (secondary N) is 1. The second-order valence-electron chi connectivity index (χ2n) is 6.84. The first kappa shape index (κ1) is 13.9. The van der Waals surface area contributed by atoms with Gasteiger partial charge in [-0.15, -0.1) is 0 Å². The zero-order chi connectivity index (χ0) is 14.9. The molecule has 2 saturated carbocycles. The van der Waals surface area contributed by atoms with E-state index in [0.29, 0.717) is 12.5 Å². The molecule has 1 N–H and O–H groups in total. The van der Waals surface area contributed by atoms with E-state index in [1.807, 2.05) is 18.2 Å². The lowest BCUT2D eigenvalue weighted by atomic mass is 9.85. The SMILES string of the molecule is O=C(Cc1ccc2c(c1)OCO2)N[C@@H]1C[C@H]1C1CCCCC1. The van der Waals surface area contributed by atoms with Crippen LogP contribution in [0.1, 0.15) is 44.1 Å². The number of amides is 1. The Balaban J connectivity index is 1.28. The normalized spacial score (nSPS) is 26.7. The van der Waals surface area contributed by atoms with Crippen molar-refractivity contribution in [1.82, 2.24) is 5.32 Å². The number of hydrogen-bond donors (Lipinski definition) is 1. The van der Waals surface area contributed by atoms with Crippen LogP contribution < -0.4 is 14.8 Å². The third-order valence-electron chi connectivity index (χ3n) is 5.24. The highest BCUT2D eigenvalue weighted by molar-refractivity contribution is 5.79. The van der Waals surface area contributed by atoms with E-state index in [2.05, 4.69) is 5.32 Å². The molecule has 4 heteroatoms. The van der Waals surface area contributed by atoms with Gasteiger partial charge in [0.1, 0.15) is 0 Å². The van der Waals surface area contributed by atoms with Crippen LogP contribution in [0.25, 0.3) is 0 Å². The van der Waals surface area contributed by atoms with E-state index in [9.17, 15) is 4.79 Å². The van der Waals surface area contributed by atoms with Gasteiger partial charge in [-0.05, 0) is 36.0 Å². The van der Waals surface area contributed by atoms with E-state index >= 15 is 0 Å². The van der Waals surface area contributed by atoms with Crippen molar-refractivity contribution in [3.8, 4) is 11.5 Å². The fraction of sp³-hybridized carbons (Fsp3) is 0.611. The lowest BCUT2D eigenvalue weighted by Crippen LogP contribution is -2.29. The molecule has 2 fully saturated rings. The van der Waals surface area contributed by atoms with Crippen LogP contribution in [0.15, 0.2) is 18.2 Å². The maximum Gasteiger partial charge on any atom is 0.231 e. The van der Waals surface area contributed by atoms with Gasteiger partial charge in [0.2, 0.25) is 12.7 Å². The Bertz CT molecular complexity index is 565. The van der Waals surface area contributed by atoms with E-state index < -0.39 is 0 Å². The summed E-state index contributed by atoms with van der Waals surface area (Å²) in [5.41, 5.74) is 0.983. The monoisotopic (exact) mass is 301 g/mol. The Morgan fingerprint density at radius 2 is 1.95 bits per heavy atom.